The fourth-order valence-corrected chi connectivity index (χ4v) is 2.17. The number of aromatic nitrogens is 1. The fourth-order valence-electron chi connectivity index (χ4n) is 2.17. The Kier molecular flexibility index (Phi) is 5.06. The minimum absolute atomic E-state index is 0.0522. The van der Waals surface area contributed by atoms with E-state index in [1.807, 2.05) is 48.7 Å². The first-order valence-corrected chi connectivity index (χ1v) is 7.04. The van der Waals surface area contributed by atoms with Crippen LogP contribution in [0.3, 0.4) is 0 Å². The van der Waals surface area contributed by atoms with Crippen LogP contribution in [-0.4, -0.2) is 22.8 Å². The predicted molar refractivity (Wildman–Crippen MR) is 84.9 cm³/mol. The van der Waals surface area contributed by atoms with Crippen LogP contribution in [0.2, 0.25) is 0 Å². The zero-order chi connectivity index (χ0) is 15.2. The zero-order valence-electron chi connectivity index (χ0n) is 12.7. The molecule has 0 saturated heterocycles. The lowest BCUT2D eigenvalue weighted by Gasteiger charge is -2.24. The molecule has 1 atom stereocenters. The molecule has 0 radical (unpaired) electrons. The Morgan fingerprint density at radius 3 is 2.52 bits per heavy atom. The highest BCUT2D eigenvalue weighted by Gasteiger charge is 2.12. The molecule has 2 rings (SSSR count). The molecule has 1 N–H and O–H groups in total. The standard InChI is InChI=1S/C17H21N3O/c1-13(17-6-4-5-11-18-17)20(3)12-15-7-9-16(10-8-15)19-14(2)21/h4-11,13H,12H2,1-3H3,(H,19,21)/t13-/m1/s1. The highest BCUT2D eigenvalue weighted by atomic mass is 16.1. The largest absolute Gasteiger partial charge is 0.326 e. The van der Waals surface area contributed by atoms with Crippen molar-refractivity contribution in [3.05, 3.63) is 59.9 Å². The van der Waals surface area contributed by atoms with Gasteiger partial charge in [-0.15, -0.1) is 0 Å². The van der Waals surface area contributed by atoms with Crippen LogP contribution in [0.1, 0.15) is 31.1 Å². The number of hydrogen-bond acceptors (Lipinski definition) is 3. The van der Waals surface area contributed by atoms with Crippen molar-refractivity contribution >= 4 is 11.6 Å². The van der Waals surface area contributed by atoms with Gasteiger partial charge in [0.2, 0.25) is 5.91 Å². The Labute approximate surface area is 125 Å². The summed E-state index contributed by atoms with van der Waals surface area (Å²) in [7, 11) is 2.08. The molecule has 1 aromatic heterocycles. The highest BCUT2D eigenvalue weighted by Crippen LogP contribution is 2.19. The summed E-state index contributed by atoms with van der Waals surface area (Å²) >= 11 is 0. The first-order chi connectivity index (χ1) is 10.1. The molecule has 1 heterocycles. The lowest BCUT2D eigenvalue weighted by molar-refractivity contribution is -0.114. The van der Waals surface area contributed by atoms with Crippen molar-refractivity contribution in [2.45, 2.75) is 26.4 Å². The van der Waals surface area contributed by atoms with Gasteiger partial charge in [0.25, 0.3) is 0 Å². The first kappa shape index (κ1) is 15.2. The van der Waals surface area contributed by atoms with Crippen LogP contribution in [0.25, 0.3) is 0 Å². The fraction of sp³-hybridized carbons (Fsp3) is 0.294. The van der Waals surface area contributed by atoms with E-state index >= 15 is 0 Å². The molecule has 0 saturated carbocycles. The van der Waals surface area contributed by atoms with Crippen molar-refractivity contribution in [1.29, 1.82) is 0 Å². The summed E-state index contributed by atoms with van der Waals surface area (Å²) in [4.78, 5) is 17.6. The lowest BCUT2D eigenvalue weighted by Crippen LogP contribution is -2.22. The van der Waals surface area contributed by atoms with Gasteiger partial charge in [0.1, 0.15) is 0 Å². The van der Waals surface area contributed by atoms with E-state index in [2.05, 4.69) is 29.2 Å². The van der Waals surface area contributed by atoms with Crippen LogP contribution in [0.5, 0.6) is 0 Å². The molecular formula is C17H21N3O. The van der Waals surface area contributed by atoms with E-state index in [0.717, 1.165) is 17.9 Å². The van der Waals surface area contributed by atoms with E-state index in [9.17, 15) is 4.79 Å². The number of carbonyl (C=O) groups excluding carboxylic acids is 1. The number of benzene rings is 1. The van der Waals surface area contributed by atoms with Gasteiger partial charge >= 0.3 is 0 Å². The van der Waals surface area contributed by atoms with Crippen molar-refractivity contribution in [3.8, 4) is 0 Å². The van der Waals surface area contributed by atoms with Crippen molar-refractivity contribution in [1.82, 2.24) is 9.88 Å². The zero-order valence-corrected chi connectivity index (χ0v) is 12.7. The second kappa shape index (κ2) is 6.99. The van der Waals surface area contributed by atoms with E-state index in [-0.39, 0.29) is 11.9 Å². The summed E-state index contributed by atoms with van der Waals surface area (Å²) in [5.74, 6) is -0.0522. The van der Waals surface area contributed by atoms with Crippen LogP contribution < -0.4 is 5.32 Å². The monoisotopic (exact) mass is 283 g/mol. The van der Waals surface area contributed by atoms with E-state index in [4.69, 9.17) is 0 Å². The van der Waals surface area contributed by atoms with Crippen LogP contribution in [-0.2, 0) is 11.3 Å². The first-order valence-electron chi connectivity index (χ1n) is 7.04. The third kappa shape index (κ3) is 4.39. The molecule has 0 aliphatic carbocycles. The number of nitrogens with one attached hydrogen (secondary N) is 1. The Hall–Kier alpha value is -2.20. The maximum absolute atomic E-state index is 11.0. The summed E-state index contributed by atoms with van der Waals surface area (Å²) in [6.07, 6.45) is 1.82. The van der Waals surface area contributed by atoms with E-state index in [0.29, 0.717) is 0 Å². The number of carbonyl (C=O) groups is 1. The van der Waals surface area contributed by atoms with Crippen LogP contribution in [0.4, 0.5) is 5.69 Å². The molecule has 0 aliphatic rings. The summed E-state index contributed by atoms with van der Waals surface area (Å²) < 4.78 is 0. The average Bonchev–Trinajstić information content (AvgIpc) is 2.49. The van der Waals surface area contributed by atoms with E-state index in [1.54, 1.807) is 0 Å². The topological polar surface area (TPSA) is 45.2 Å². The molecule has 4 heteroatoms. The second-order valence-electron chi connectivity index (χ2n) is 5.22. The SMILES string of the molecule is CC(=O)Nc1ccc(CN(C)[C@H](C)c2ccccn2)cc1. The molecule has 0 bridgehead atoms. The molecule has 110 valence electrons. The molecule has 0 aliphatic heterocycles. The van der Waals surface area contributed by atoms with E-state index < -0.39 is 0 Å². The van der Waals surface area contributed by atoms with Crippen LogP contribution in [0.15, 0.2) is 48.7 Å². The third-order valence-electron chi connectivity index (χ3n) is 3.48. The molecule has 1 amide bonds. The van der Waals surface area contributed by atoms with Gasteiger partial charge in [0.05, 0.1) is 5.69 Å². The molecule has 0 fully saturated rings. The van der Waals surface area contributed by atoms with Crippen molar-refractivity contribution in [2.24, 2.45) is 0 Å². The average molecular weight is 283 g/mol. The molecule has 4 nitrogen and oxygen atoms in total. The number of rotatable bonds is 5. The Morgan fingerprint density at radius 2 is 1.95 bits per heavy atom. The van der Waals surface area contributed by atoms with Gasteiger partial charge < -0.3 is 5.32 Å². The van der Waals surface area contributed by atoms with Gasteiger partial charge in [-0.25, -0.2) is 0 Å². The summed E-state index contributed by atoms with van der Waals surface area (Å²) in [6, 6.07) is 14.2. The summed E-state index contributed by atoms with van der Waals surface area (Å²) in [5.41, 5.74) is 3.09. The third-order valence-corrected chi connectivity index (χ3v) is 3.48. The molecule has 1 aromatic carbocycles. The van der Waals surface area contributed by atoms with Crippen molar-refractivity contribution in [3.63, 3.8) is 0 Å². The minimum Gasteiger partial charge on any atom is -0.326 e. The van der Waals surface area contributed by atoms with E-state index in [1.165, 1.54) is 12.5 Å². The molecule has 0 unspecified atom stereocenters. The highest BCUT2D eigenvalue weighted by molar-refractivity contribution is 5.88. The molecule has 2 aromatic rings. The van der Waals surface area contributed by atoms with Gasteiger partial charge in [-0.1, -0.05) is 18.2 Å². The Bertz CT molecular complexity index is 581. The predicted octanol–water partition coefficient (Wildman–Crippen LogP) is 3.23. The van der Waals surface area contributed by atoms with Crippen molar-refractivity contribution in [2.75, 3.05) is 12.4 Å². The Balaban J connectivity index is 1.99. The Morgan fingerprint density at radius 1 is 1.24 bits per heavy atom. The van der Waals surface area contributed by atoms with Crippen LogP contribution in [0, 0.1) is 0 Å². The van der Waals surface area contributed by atoms with Crippen LogP contribution >= 0.6 is 0 Å². The summed E-state index contributed by atoms with van der Waals surface area (Å²) in [5, 5.41) is 2.77. The maximum Gasteiger partial charge on any atom is 0.221 e. The summed E-state index contributed by atoms with van der Waals surface area (Å²) in [6.45, 7) is 4.49. The van der Waals surface area contributed by atoms with Gasteiger partial charge in [0.15, 0.2) is 0 Å². The van der Waals surface area contributed by atoms with Gasteiger partial charge in [-0.3, -0.25) is 14.7 Å². The van der Waals surface area contributed by atoms with Crippen molar-refractivity contribution < 1.29 is 4.79 Å². The number of nitrogens with zero attached hydrogens (tertiary/aromatic N) is 2. The normalized spacial score (nSPS) is 12.2. The number of pyridine rings is 1. The molecular weight excluding hydrogens is 262 g/mol. The second-order valence-corrected chi connectivity index (χ2v) is 5.22. The quantitative estimate of drug-likeness (QED) is 0.916. The lowest BCUT2D eigenvalue weighted by atomic mass is 10.1. The van der Waals surface area contributed by atoms with Gasteiger partial charge in [0, 0.05) is 31.4 Å². The smallest absolute Gasteiger partial charge is 0.221 e. The molecule has 0 spiro atoms. The number of amides is 1. The maximum atomic E-state index is 11.0. The number of hydrogen-bond donors (Lipinski definition) is 1. The minimum atomic E-state index is -0.0522. The molecule has 21 heavy (non-hydrogen) atoms. The number of anilines is 1. The van der Waals surface area contributed by atoms with Gasteiger partial charge in [-0.05, 0) is 43.8 Å². The van der Waals surface area contributed by atoms with Gasteiger partial charge in [-0.2, -0.15) is 0 Å².